The number of anilines is 1. The number of piperidine rings is 1. The van der Waals surface area contributed by atoms with Crippen molar-refractivity contribution in [1.82, 2.24) is 23.7 Å². The van der Waals surface area contributed by atoms with Gasteiger partial charge in [0.1, 0.15) is 0 Å². The quantitative estimate of drug-likeness (QED) is 0.386. The summed E-state index contributed by atoms with van der Waals surface area (Å²) in [4.78, 5) is 2.16. The van der Waals surface area contributed by atoms with Crippen LogP contribution in [-0.4, -0.2) is 85.5 Å². The van der Waals surface area contributed by atoms with Gasteiger partial charge in [0.2, 0.25) is 10.0 Å². The number of β-amino-alcohol motifs (C(OH)–C–C–N with tert-alkyl or cyclic N) is 1. The zero-order chi connectivity index (χ0) is 30.5. The Labute approximate surface area is 265 Å². The molecule has 0 spiro atoms. The number of fused-ring (bicyclic) bond motifs is 2. The highest BCUT2D eigenvalue weighted by atomic mass is 79.9. The van der Waals surface area contributed by atoms with E-state index in [1.807, 2.05) is 28.9 Å². The first-order chi connectivity index (χ1) is 20.4. The first-order valence-corrected chi connectivity index (χ1v) is 18.6. The molecule has 6 rings (SSSR count). The molecule has 0 radical (unpaired) electrons. The zero-order valence-corrected chi connectivity index (χ0v) is 27.6. The Balaban J connectivity index is 1.15. The molecule has 2 N–H and O–H groups in total. The van der Waals surface area contributed by atoms with E-state index in [1.54, 1.807) is 18.2 Å². The van der Waals surface area contributed by atoms with Crippen LogP contribution in [0.2, 0.25) is 5.02 Å². The predicted molar refractivity (Wildman–Crippen MR) is 169 cm³/mol. The molecule has 11 nitrogen and oxygen atoms in total. The van der Waals surface area contributed by atoms with Crippen molar-refractivity contribution in [3.05, 3.63) is 68.8 Å². The topological polar surface area (TPSA) is 128 Å². The summed E-state index contributed by atoms with van der Waals surface area (Å²) < 4.78 is 59.0. The molecule has 3 aromatic rings. The third-order valence-electron chi connectivity index (χ3n) is 8.41. The summed E-state index contributed by atoms with van der Waals surface area (Å²) >= 11 is 9.61. The molecule has 15 heteroatoms. The molecule has 1 unspecified atom stereocenters. The number of aliphatic hydroxyl groups excluding tert-OH is 1. The second kappa shape index (κ2) is 12.0. The van der Waals surface area contributed by atoms with E-state index in [0.717, 1.165) is 32.6 Å². The van der Waals surface area contributed by atoms with Gasteiger partial charge in [-0.15, -0.1) is 0 Å². The van der Waals surface area contributed by atoms with Gasteiger partial charge in [0.05, 0.1) is 30.3 Å². The van der Waals surface area contributed by atoms with Gasteiger partial charge in [0.25, 0.3) is 0 Å². The fourth-order valence-corrected chi connectivity index (χ4v) is 9.07. The number of nitrogens with one attached hydrogen (secondary N) is 1. The lowest BCUT2D eigenvalue weighted by atomic mass is 10.0. The monoisotopic (exact) mass is 712 g/mol. The van der Waals surface area contributed by atoms with Crippen LogP contribution in [-0.2, 0) is 46.3 Å². The van der Waals surface area contributed by atoms with Gasteiger partial charge < -0.3 is 10.0 Å². The number of rotatable bonds is 7. The van der Waals surface area contributed by atoms with E-state index in [-0.39, 0.29) is 25.7 Å². The van der Waals surface area contributed by atoms with Crippen molar-refractivity contribution in [2.75, 3.05) is 36.7 Å². The van der Waals surface area contributed by atoms with Crippen LogP contribution >= 0.6 is 27.5 Å². The van der Waals surface area contributed by atoms with Crippen LogP contribution in [0.3, 0.4) is 0 Å². The van der Waals surface area contributed by atoms with Crippen molar-refractivity contribution in [2.24, 2.45) is 0 Å². The minimum absolute atomic E-state index is 0.199. The van der Waals surface area contributed by atoms with Gasteiger partial charge in [-0.3, -0.25) is 8.99 Å². The second-order valence-electron chi connectivity index (χ2n) is 11.4. The molecule has 0 saturated carbocycles. The number of likely N-dealkylation sites (tertiary alicyclic amines) is 1. The van der Waals surface area contributed by atoms with Crippen LogP contribution in [0, 0.1) is 0 Å². The molecular weight excluding hydrogens is 680 g/mol. The smallest absolute Gasteiger partial charge is 0.302 e. The van der Waals surface area contributed by atoms with E-state index in [0.29, 0.717) is 56.2 Å². The summed E-state index contributed by atoms with van der Waals surface area (Å²) in [6.45, 7) is 2.80. The first-order valence-electron chi connectivity index (χ1n) is 14.2. The Hall–Kier alpha value is -2.04. The molecule has 3 aliphatic heterocycles. The van der Waals surface area contributed by atoms with Gasteiger partial charge in [0, 0.05) is 78.0 Å². The highest BCUT2D eigenvalue weighted by Crippen LogP contribution is 2.35. The molecule has 232 valence electrons. The lowest BCUT2D eigenvalue weighted by Gasteiger charge is -2.41. The van der Waals surface area contributed by atoms with E-state index in [9.17, 15) is 21.9 Å². The lowest BCUT2D eigenvalue weighted by Crippen LogP contribution is -2.54. The van der Waals surface area contributed by atoms with Gasteiger partial charge in [-0.25, -0.2) is 8.42 Å². The number of halogens is 2. The Bertz CT molecular complexity index is 1730. The maximum atomic E-state index is 13.0. The van der Waals surface area contributed by atoms with Crippen LogP contribution in [0.4, 0.5) is 5.69 Å². The average Bonchev–Trinajstić information content (AvgIpc) is 3.31. The number of nitrogens with zero attached hydrogens (tertiary/aromatic N) is 5. The number of hydrogen-bond acceptors (Lipinski definition) is 7. The molecular formula is C28H34BrClN6O5S2. The average molecular weight is 714 g/mol. The summed E-state index contributed by atoms with van der Waals surface area (Å²) in [6.07, 6.45) is 2.27. The van der Waals surface area contributed by atoms with Gasteiger partial charge in [-0.2, -0.15) is 22.5 Å². The Morgan fingerprint density at radius 3 is 2.53 bits per heavy atom. The molecule has 3 aliphatic rings. The fraction of sp³-hybridized carbons (Fsp3) is 0.464. The number of hydrogen-bond donors (Lipinski definition) is 2. The van der Waals surface area contributed by atoms with Crippen molar-refractivity contribution in [3.63, 3.8) is 0 Å². The maximum Gasteiger partial charge on any atom is 0.302 e. The number of sulfonamides is 1. The van der Waals surface area contributed by atoms with E-state index in [1.165, 1.54) is 14.9 Å². The largest absolute Gasteiger partial charge is 0.390 e. The SMILES string of the molecule is CS(=O)(=O)N1CCc2c(c(-c3ccc(Br)cc3)nn2CC(O)CN2CCC(N3c4ccc(Cl)cc4CNS3(=O)=O)CC2)C1. The van der Waals surface area contributed by atoms with Crippen LogP contribution in [0.25, 0.3) is 11.3 Å². The molecule has 0 bridgehead atoms. The highest BCUT2D eigenvalue weighted by Gasteiger charge is 2.37. The Morgan fingerprint density at radius 2 is 1.84 bits per heavy atom. The fourth-order valence-electron chi connectivity index (χ4n) is 6.30. The Morgan fingerprint density at radius 1 is 1.12 bits per heavy atom. The number of benzene rings is 2. The second-order valence-corrected chi connectivity index (χ2v) is 16.4. The van der Waals surface area contributed by atoms with Crippen molar-refractivity contribution in [2.45, 2.75) is 51.0 Å². The third-order valence-corrected chi connectivity index (χ3v) is 11.9. The van der Waals surface area contributed by atoms with E-state index in [2.05, 4.69) is 25.6 Å². The van der Waals surface area contributed by atoms with Crippen LogP contribution in [0.5, 0.6) is 0 Å². The lowest BCUT2D eigenvalue weighted by molar-refractivity contribution is 0.0820. The predicted octanol–water partition coefficient (Wildman–Crippen LogP) is 2.96. The summed E-state index contributed by atoms with van der Waals surface area (Å²) in [5, 5.41) is 16.6. The van der Waals surface area contributed by atoms with Crippen LogP contribution in [0.1, 0.15) is 29.7 Å². The molecule has 0 aliphatic carbocycles. The van der Waals surface area contributed by atoms with Gasteiger partial charge in [-0.1, -0.05) is 39.7 Å². The summed E-state index contributed by atoms with van der Waals surface area (Å²) in [6, 6.07) is 12.8. The molecule has 2 aromatic carbocycles. The van der Waals surface area contributed by atoms with Crippen LogP contribution < -0.4 is 9.03 Å². The molecule has 1 atom stereocenters. The van der Waals surface area contributed by atoms with E-state index < -0.39 is 26.3 Å². The van der Waals surface area contributed by atoms with Crippen LogP contribution in [0.15, 0.2) is 46.9 Å². The van der Waals surface area contributed by atoms with Crippen molar-refractivity contribution in [1.29, 1.82) is 0 Å². The molecule has 1 fully saturated rings. The van der Waals surface area contributed by atoms with Crippen molar-refractivity contribution < 1.29 is 21.9 Å². The number of aliphatic hydroxyl groups is 1. The summed E-state index contributed by atoms with van der Waals surface area (Å²) in [5.74, 6) is 0. The maximum absolute atomic E-state index is 13.0. The van der Waals surface area contributed by atoms with E-state index >= 15 is 0 Å². The molecule has 1 saturated heterocycles. The third kappa shape index (κ3) is 6.52. The van der Waals surface area contributed by atoms with Gasteiger partial charge in [0.15, 0.2) is 0 Å². The highest BCUT2D eigenvalue weighted by molar-refractivity contribution is 9.10. The minimum Gasteiger partial charge on any atom is -0.390 e. The normalized spacial score (nSPS) is 20.5. The molecule has 4 heterocycles. The van der Waals surface area contributed by atoms with Crippen molar-refractivity contribution in [3.8, 4) is 11.3 Å². The minimum atomic E-state index is -3.66. The standard InChI is InChI=1S/C28H34BrClN6O5S2/c1-42(38,39)34-13-10-27-25(18-34)28(19-2-4-21(29)5-3-19)32-35(27)17-24(37)16-33-11-8-23(9-12-33)36-26-7-6-22(30)14-20(26)15-31-43(36,40)41/h2-7,14,23-24,31,37H,8-13,15-18H2,1H3. The zero-order valence-electron chi connectivity index (χ0n) is 23.7. The van der Waals surface area contributed by atoms with E-state index in [4.69, 9.17) is 16.7 Å². The Kier molecular flexibility index (Phi) is 8.67. The molecule has 43 heavy (non-hydrogen) atoms. The summed E-state index contributed by atoms with van der Waals surface area (Å²) in [5.41, 5.74) is 4.94. The molecule has 1 aromatic heterocycles. The first kappa shape index (κ1) is 31.0. The van der Waals surface area contributed by atoms with Crippen molar-refractivity contribution >= 4 is 53.5 Å². The van der Waals surface area contributed by atoms with Gasteiger partial charge >= 0.3 is 10.2 Å². The molecule has 0 amide bonds. The summed E-state index contributed by atoms with van der Waals surface area (Å²) in [7, 11) is -7.02. The number of aromatic nitrogens is 2. The van der Waals surface area contributed by atoms with Gasteiger partial charge in [-0.05, 0) is 48.7 Å².